The van der Waals surface area contributed by atoms with Crippen LogP contribution in [0, 0.1) is 17.8 Å². The number of allylic oxidation sites excluding steroid dienone is 1. The highest BCUT2D eigenvalue weighted by molar-refractivity contribution is 5.85. The molecule has 2 rings (SSSR count). The molecular weight excluding hydrogens is 178 g/mol. The Hall–Kier alpha value is -0.540. The van der Waals surface area contributed by atoms with Crippen LogP contribution in [-0.2, 0) is 4.79 Å². The van der Waals surface area contributed by atoms with Crippen LogP contribution in [0.3, 0.4) is 0 Å². The maximum atomic E-state index is 10.7. The van der Waals surface area contributed by atoms with Gasteiger partial charge in [0.25, 0.3) is 0 Å². The van der Waals surface area contributed by atoms with E-state index in [4.69, 9.17) is 10.8 Å². The lowest BCUT2D eigenvalue weighted by Crippen LogP contribution is -2.38. The van der Waals surface area contributed by atoms with Crippen LogP contribution in [0.25, 0.3) is 0 Å². The van der Waals surface area contributed by atoms with Crippen molar-refractivity contribution in [1.29, 1.82) is 0 Å². The van der Waals surface area contributed by atoms with E-state index in [0.717, 1.165) is 6.42 Å². The molecule has 4 atom stereocenters. The molecule has 12 heavy (non-hydrogen) atoms. The molecule has 2 bridgehead atoms. The third kappa shape index (κ3) is 1.13. The summed E-state index contributed by atoms with van der Waals surface area (Å²) in [6.45, 7) is 0. The molecule has 1 fully saturated rings. The molecule has 3 N–H and O–H groups in total. The normalized spacial score (nSPS) is 42.8. The fourth-order valence-electron chi connectivity index (χ4n) is 2.21. The molecule has 0 spiro atoms. The maximum absolute atomic E-state index is 10.7. The van der Waals surface area contributed by atoms with Crippen LogP contribution in [0.1, 0.15) is 6.42 Å². The molecule has 2 aliphatic rings. The van der Waals surface area contributed by atoms with Crippen molar-refractivity contribution in [1.82, 2.24) is 0 Å². The highest BCUT2D eigenvalue weighted by Gasteiger charge is 2.46. The summed E-state index contributed by atoms with van der Waals surface area (Å²) in [6, 6.07) is -0.150. The minimum absolute atomic E-state index is 0. The van der Waals surface area contributed by atoms with Gasteiger partial charge in [0.05, 0.1) is 5.92 Å². The number of carboxylic acid groups (broad SMARTS) is 1. The lowest BCUT2D eigenvalue weighted by atomic mass is 9.90. The molecule has 3 nitrogen and oxygen atoms in total. The first-order valence-corrected chi connectivity index (χ1v) is 3.87. The third-order valence-corrected chi connectivity index (χ3v) is 2.81. The average Bonchev–Trinajstić information content (AvgIpc) is 2.44. The number of aliphatic carboxylic acids is 1. The zero-order chi connectivity index (χ0) is 8.01. The second-order valence-corrected chi connectivity index (χ2v) is 3.39. The molecule has 1 saturated carbocycles. The summed E-state index contributed by atoms with van der Waals surface area (Å²) < 4.78 is 0. The largest absolute Gasteiger partial charge is 0.481 e. The van der Waals surface area contributed by atoms with E-state index in [-0.39, 0.29) is 30.3 Å². The third-order valence-electron chi connectivity index (χ3n) is 2.81. The van der Waals surface area contributed by atoms with E-state index in [0.29, 0.717) is 5.92 Å². The summed E-state index contributed by atoms with van der Waals surface area (Å²) in [5.74, 6) is -0.548. The van der Waals surface area contributed by atoms with Crippen molar-refractivity contribution in [3.05, 3.63) is 12.2 Å². The molecule has 0 unspecified atom stereocenters. The van der Waals surface area contributed by atoms with Gasteiger partial charge in [0.15, 0.2) is 0 Å². The fraction of sp³-hybridized carbons (Fsp3) is 0.625. The van der Waals surface area contributed by atoms with Crippen molar-refractivity contribution in [3.63, 3.8) is 0 Å². The van der Waals surface area contributed by atoms with Gasteiger partial charge in [-0.15, -0.1) is 12.4 Å². The highest BCUT2D eigenvalue weighted by Crippen LogP contribution is 2.42. The predicted octanol–water partition coefficient (Wildman–Crippen LogP) is 0.642. The number of carboxylic acids is 1. The van der Waals surface area contributed by atoms with E-state index in [1.807, 2.05) is 6.08 Å². The molecule has 0 aromatic carbocycles. The lowest BCUT2D eigenvalue weighted by molar-refractivity contribution is -0.143. The molecule has 68 valence electrons. The van der Waals surface area contributed by atoms with Crippen LogP contribution in [-0.4, -0.2) is 17.1 Å². The van der Waals surface area contributed by atoms with E-state index in [9.17, 15) is 4.79 Å². The standard InChI is InChI=1S/C8H11NO2.ClH/c9-7-5-2-1-4(3-5)6(7)8(10)11;/h1-2,4-7H,3,9H2,(H,10,11);1H/t4-,5+,6+,7-;/m1./s1. The van der Waals surface area contributed by atoms with Crippen molar-refractivity contribution in [2.24, 2.45) is 23.5 Å². The molecule has 0 amide bonds. The van der Waals surface area contributed by atoms with Crippen LogP contribution in [0.2, 0.25) is 0 Å². The fourth-order valence-corrected chi connectivity index (χ4v) is 2.21. The van der Waals surface area contributed by atoms with Gasteiger partial charge in [0.1, 0.15) is 0 Å². The molecule has 0 heterocycles. The van der Waals surface area contributed by atoms with Gasteiger partial charge in [-0.3, -0.25) is 4.79 Å². The molecule has 0 aromatic rings. The summed E-state index contributed by atoms with van der Waals surface area (Å²) in [6.07, 6.45) is 4.99. The minimum atomic E-state index is -0.741. The highest BCUT2D eigenvalue weighted by atomic mass is 35.5. The molecule has 0 aliphatic heterocycles. The Bertz CT molecular complexity index is 229. The van der Waals surface area contributed by atoms with Crippen molar-refractivity contribution >= 4 is 18.4 Å². The Labute approximate surface area is 77.0 Å². The van der Waals surface area contributed by atoms with E-state index in [2.05, 4.69) is 6.08 Å². The Balaban J connectivity index is 0.000000720. The summed E-state index contributed by atoms with van der Waals surface area (Å²) in [5, 5.41) is 8.79. The Morgan fingerprint density at radius 1 is 1.42 bits per heavy atom. The SMILES string of the molecule is Cl.N[C@H]1[C@@H](C(=O)O)[C@@H]2C=C[C@H]1C2. The number of nitrogens with two attached hydrogens (primary N) is 1. The predicted molar refractivity (Wildman–Crippen MR) is 47.1 cm³/mol. The monoisotopic (exact) mass is 189 g/mol. The van der Waals surface area contributed by atoms with Gasteiger partial charge < -0.3 is 10.8 Å². The van der Waals surface area contributed by atoms with Crippen LogP contribution >= 0.6 is 12.4 Å². The number of rotatable bonds is 1. The van der Waals surface area contributed by atoms with Gasteiger partial charge in [0, 0.05) is 6.04 Å². The van der Waals surface area contributed by atoms with Gasteiger partial charge in [-0.1, -0.05) is 12.2 Å². The Kier molecular flexibility index (Phi) is 2.44. The van der Waals surface area contributed by atoms with Crippen molar-refractivity contribution in [2.75, 3.05) is 0 Å². The van der Waals surface area contributed by atoms with Gasteiger partial charge in [-0.2, -0.15) is 0 Å². The first-order chi connectivity index (χ1) is 5.20. The summed E-state index contributed by atoms with van der Waals surface area (Å²) in [5.41, 5.74) is 5.73. The van der Waals surface area contributed by atoms with E-state index >= 15 is 0 Å². The van der Waals surface area contributed by atoms with Crippen LogP contribution < -0.4 is 5.73 Å². The molecule has 0 saturated heterocycles. The summed E-state index contributed by atoms with van der Waals surface area (Å²) >= 11 is 0. The molecule has 0 aromatic heterocycles. The number of hydrogen-bond acceptors (Lipinski definition) is 2. The number of fused-ring (bicyclic) bond motifs is 2. The van der Waals surface area contributed by atoms with Crippen LogP contribution in [0.5, 0.6) is 0 Å². The summed E-state index contributed by atoms with van der Waals surface area (Å²) in [4.78, 5) is 10.7. The zero-order valence-electron chi connectivity index (χ0n) is 6.51. The van der Waals surface area contributed by atoms with Crippen molar-refractivity contribution in [2.45, 2.75) is 12.5 Å². The van der Waals surface area contributed by atoms with E-state index < -0.39 is 5.97 Å². The van der Waals surface area contributed by atoms with Crippen molar-refractivity contribution < 1.29 is 9.90 Å². The van der Waals surface area contributed by atoms with Gasteiger partial charge in [0.2, 0.25) is 0 Å². The molecule has 0 radical (unpaired) electrons. The second kappa shape index (κ2) is 3.07. The molecular formula is C8H12ClNO2. The van der Waals surface area contributed by atoms with E-state index in [1.165, 1.54) is 0 Å². The molecule has 2 aliphatic carbocycles. The smallest absolute Gasteiger partial charge is 0.308 e. The average molecular weight is 190 g/mol. The number of carbonyl (C=O) groups is 1. The van der Waals surface area contributed by atoms with E-state index in [1.54, 1.807) is 0 Å². The number of halogens is 1. The first kappa shape index (κ1) is 9.55. The zero-order valence-corrected chi connectivity index (χ0v) is 7.33. The number of hydrogen-bond donors (Lipinski definition) is 2. The van der Waals surface area contributed by atoms with Gasteiger partial charge in [-0.05, 0) is 18.3 Å². The second-order valence-electron chi connectivity index (χ2n) is 3.39. The van der Waals surface area contributed by atoms with Crippen molar-refractivity contribution in [3.8, 4) is 0 Å². The first-order valence-electron chi connectivity index (χ1n) is 3.87. The Morgan fingerprint density at radius 2 is 2.00 bits per heavy atom. The summed E-state index contributed by atoms with van der Waals surface area (Å²) in [7, 11) is 0. The Morgan fingerprint density at radius 3 is 2.33 bits per heavy atom. The van der Waals surface area contributed by atoms with Crippen LogP contribution in [0.4, 0.5) is 0 Å². The van der Waals surface area contributed by atoms with Crippen LogP contribution in [0.15, 0.2) is 12.2 Å². The quantitative estimate of drug-likeness (QED) is 0.596. The van der Waals surface area contributed by atoms with Gasteiger partial charge >= 0.3 is 5.97 Å². The minimum Gasteiger partial charge on any atom is -0.481 e. The lowest BCUT2D eigenvalue weighted by Gasteiger charge is -2.19. The van der Waals surface area contributed by atoms with Gasteiger partial charge in [-0.25, -0.2) is 0 Å². The topological polar surface area (TPSA) is 63.3 Å². The maximum Gasteiger partial charge on any atom is 0.308 e. The molecule has 4 heteroatoms.